The predicted molar refractivity (Wildman–Crippen MR) is 121 cm³/mol. The minimum Gasteiger partial charge on any atom is -0.507 e. The van der Waals surface area contributed by atoms with Crippen molar-refractivity contribution in [3.8, 4) is 11.5 Å². The maximum atomic E-state index is 13.0. The summed E-state index contributed by atoms with van der Waals surface area (Å²) in [5.41, 5.74) is 1.40. The second-order valence-electron chi connectivity index (χ2n) is 6.54. The van der Waals surface area contributed by atoms with Gasteiger partial charge < -0.3 is 14.3 Å². The number of hydrogen-bond acceptors (Lipinski definition) is 7. The van der Waals surface area contributed by atoms with Crippen LogP contribution in [-0.2, 0) is 11.3 Å². The van der Waals surface area contributed by atoms with Gasteiger partial charge in [-0.15, -0.1) is 5.10 Å². The Kier molecular flexibility index (Phi) is 6.18. The number of rotatable bonds is 6. The van der Waals surface area contributed by atoms with Gasteiger partial charge >= 0.3 is 0 Å². The number of para-hydroxylation sites is 1. The van der Waals surface area contributed by atoms with Crippen molar-refractivity contribution in [3.05, 3.63) is 88.7 Å². The number of benzene rings is 2. The molecule has 1 aliphatic rings. The summed E-state index contributed by atoms with van der Waals surface area (Å²) in [7, 11) is 1.61. The first kappa shape index (κ1) is 20.5. The topological polar surface area (TPSA) is 87.6 Å². The Balaban J connectivity index is 1.61. The number of carbonyl (C=O) groups excluding carboxylic acids is 1. The summed E-state index contributed by atoms with van der Waals surface area (Å²) in [5.74, 6) is 1.25. The van der Waals surface area contributed by atoms with Crippen LogP contribution < -0.4 is 4.74 Å². The number of furan rings is 1. The molecule has 0 atom stereocenters. The van der Waals surface area contributed by atoms with E-state index in [9.17, 15) is 9.90 Å². The first-order chi connectivity index (χ1) is 15.1. The Morgan fingerprint density at radius 3 is 2.65 bits per heavy atom. The molecule has 0 unspecified atom stereocenters. The number of nitrogens with zero attached hydrogens (tertiary/aromatic N) is 3. The van der Waals surface area contributed by atoms with Crippen molar-refractivity contribution in [3.63, 3.8) is 0 Å². The fourth-order valence-electron chi connectivity index (χ4n) is 2.87. The van der Waals surface area contributed by atoms with Crippen LogP contribution in [0.3, 0.4) is 0 Å². The average Bonchev–Trinajstić information content (AvgIpc) is 3.40. The number of hydrogen-bond donors (Lipinski definition) is 1. The number of thioether (sulfide) groups is 1. The lowest BCUT2D eigenvalue weighted by molar-refractivity contribution is -0.122. The number of phenols is 1. The van der Waals surface area contributed by atoms with Gasteiger partial charge in [0.2, 0.25) is 0 Å². The van der Waals surface area contributed by atoms with E-state index >= 15 is 0 Å². The Bertz CT molecular complexity index is 1150. The number of amides is 1. The van der Waals surface area contributed by atoms with Crippen LogP contribution in [0.1, 0.15) is 16.9 Å². The standard InChI is InChI=1S/C23H19N3O4S/c1-29-18-10-8-16(9-11-18)14-24-25-23-26(15-19-6-4-12-30-19)22(28)21(31-23)13-17-5-2-3-7-20(17)27/h2-14,27H,15H2,1H3/b21-13-,24-14-,25-23+. The third kappa shape index (κ3) is 4.87. The molecule has 2 aromatic carbocycles. The Morgan fingerprint density at radius 1 is 1.13 bits per heavy atom. The maximum absolute atomic E-state index is 13.0. The Labute approximate surface area is 183 Å². The van der Waals surface area contributed by atoms with Crippen LogP contribution >= 0.6 is 11.8 Å². The van der Waals surface area contributed by atoms with E-state index in [0.717, 1.165) is 11.3 Å². The van der Waals surface area contributed by atoms with Crippen molar-refractivity contribution in [1.29, 1.82) is 0 Å². The van der Waals surface area contributed by atoms with Gasteiger partial charge in [0.25, 0.3) is 5.91 Å². The summed E-state index contributed by atoms with van der Waals surface area (Å²) < 4.78 is 10.5. The second-order valence-corrected chi connectivity index (χ2v) is 7.55. The van der Waals surface area contributed by atoms with Gasteiger partial charge in [0.15, 0.2) is 5.17 Å². The zero-order valence-electron chi connectivity index (χ0n) is 16.6. The third-order valence-electron chi connectivity index (χ3n) is 4.47. The molecule has 4 rings (SSSR count). The van der Waals surface area contributed by atoms with Crippen molar-refractivity contribution in [2.45, 2.75) is 6.54 Å². The van der Waals surface area contributed by atoms with Gasteiger partial charge in [0.1, 0.15) is 17.3 Å². The lowest BCUT2D eigenvalue weighted by Crippen LogP contribution is -2.28. The first-order valence-corrected chi connectivity index (χ1v) is 10.2. The van der Waals surface area contributed by atoms with E-state index in [0.29, 0.717) is 21.4 Å². The molecule has 2 heterocycles. The number of amidine groups is 1. The summed E-state index contributed by atoms with van der Waals surface area (Å²) in [4.78, 5) is 15.0. The molecule has 0 radical (unpaired) electrons. The maximum Gasteiger partial charge on any atom is 0.267 e. The van der Waals surface area contributed by atoms with Crippen molar-refractivity contribution in [2.24, 2.45) is 10.2 Å². The molecule has 0 spiro atoms. The smallest absolute Gasteiger partial charge is 0.267 e. The molecular weight excluding hydrogens is 414 g/mol. The summed E-state index contributed by atoms with van der Waals surface area (Å²) in [5, 5.41) is 18.9. The van der Waals surface area contributed by atoms with E-state index < -0.39 is 0 Å². The number of carbonyl (C=O) groups is 1. The number of ether oxygens (including phenoxy) is 1. The molecule has 1 amide bonds. The quantitative estimate of drug-likeness (QED) is 0.351. The van der Waals surface area contributed by atoms with Crippen LogP contribution in [0.5, 0.6) is 11.5 Å². The minimum absolute atomic E-state index is 0.101. The minimum atomic E-state index is -0.233. The highest BCUT2D eigenvalue weighted by Gasteiger charge is 2.34. The van der Waals surface area contributed by atoms with Crippen molar-refractivity contribution < 1.29 is 19.1 Å². The molecule has 7 nitrogen and oxygen atoms in total. The van der Waals surface area contributed by atoms with Gasteiger partial charge in [0.05, 0.1) is 31.0 Å². The molecule has 1 N–H and O–H groups in total. The SMILES string of the molecule is COc1ccc(/C=N\N=C2\S/C(=C\c3ccccc3O)C(=O)N2Cc2ccco2)cc1. The third-order valence-corrected chi connectivity index (χ3v) is 5.47. The zero-order chi connectivity index (χ0) is 21.6. The molecule has 3 aromatic rings. The lowest BCUT2D eigenvalue weighted by atomic mass is 10.2. The molecule has 0 saturated carbocycles. The molecule has 1 aliphatic heterocycles. The van der Waals surface area contributed by atoms with Crippen LogP contribution in [-0.4, -0.2) is 34.4 Å². The fraction of sp³-hybridized carbons (Fsp3) is 0.0870. The van der Waals surface area contributed by atoms with Crippen LogP contribution in [0.2, 0.25) is 0 Å². The van der Waals surface area contributed by atoms with Crippen molar-refractivity contribution >= 4 is 35.1 Å². The van der Waals surface area contributed by atoms with Gasteiger partial charge in [-0.25, -0.2) is 0 Å². The highest BCUT2D eigenvalue weighted by atomic mass is 32.2. The summed E-state index contributed by atoms with van der Waals surface area (Å²) in [6.07, 6.45) is 4.81. The normalized spacial score (nSPS) is 16.7. The first-order valence-electron chi connectivity index (χ1n) is 9.41. The van der Waals surface area contributed by atoms with E-state index in [4.69, 9.17) is 9.15 Å². The van der Waals surface area contributed by atoms with E-state index in [2.05, 4.69) is 10.2 Å². The van der Waals surface area contributed by atoms with Crippen LogP contribution in [0.25, 0.3) is 6.08 Å². The zero-order valence-corrected chi connectivity index (χ0v) is 17.5. The van der Waals surface area contributed by atoms with E-state index in [1.807, 2.05) is 24.3 Å². The average molecular weight is 433 g/mol. The van der Waals surface area contributed by atoms with E-state index in [1.54, 1.807) is 62.1 Å². The van der Waals surface area contributed by atoms with Gasteiger partial charge in [-0.05, 0) is 65.9 Å². The Morgan fingerprint density at radius 2 is 1.94 bits per heavy atom. The molecule has 0 aliphatic carbocycles. The molecule has 1 saturated heterocycles. The second kappa shape index (κ2) is 9.36. The van der Waals surface area contributed by atoms with Gasteiger partial charge in [0, 0.05) is 5.56 Å². The highest BCUT2D eigenvalue weighted by Crippen LogP contribution is 2.35. The predicted octanol–water partition coefficient (Wildman–Crippen LogP) is 4.50. The monoisotopic (exact) mass is 433 g/mol. The molecule has 156 valence electrons. The van der Waals surface area contributed by atoms with Crippen molar-refractivity contribution in [1.82, 2.24) is 4.90 Å². The van der Waals surface area contributed by atoms with Gasteiger partial charge in [-0.3, -0.25) is 9.69 Å². The molecule has 1 fully saturated rings. The number of aromatic hydroxyl groups is 1. The van der Waals surface area contributed by atoms with Crippen molar-refractivity contribution in [2.75, 3.05) is 7.11 Å². The summed E-state index contributed by atoms with van der Waals surface area (Å²) >= 11 is 1.19. The van der Waals surface area contributed by atoms with Gasteiger partial charge in [-0.1, -0.05) is 18.2 Å². The largest absolute Gasteiger partial charge is 0.507 e. The van der Waals surface area contributed by atoms with Crippen LogP contribution in [0, 0.1) is 0 Å². The molecule has 0 bridgehead atoms. The molecule has 8 heteroatoms. The van der Waals surface area contributed by atoms with E-state index in [1.165, 1.54) is 16.7 Å². The highest BCUT2D eigenvalue weighted by molar-refractivity contribution is 8.18. The Hall–Kier alpha value is -3.78. The number of methoxy groups -OCH3 is 1. The number of phenolic OH excluding ortho intramolecular Hbond substituents is 1. The van der Waals surface area contributed by atoms with E-state index in [-0.39, 0.29) is 18.2 Å². The molecule has 1 aromatic heterocycles. The van der Waals surface area contributed by atoms with Crippen LogP contribution in [0.4, 0.5) is 0 Å². The fourth-order valence-corrected chi connectivity index (χ4v) is 3.79. The van der Waals surface area contributed by atoms with Gasteiger partial charge in [-0.2, -0.15) is 5.10 Å². The molecule has 31 heavy (non-hydrogen) atoms. The van der Waals surface area contributed by atoms with Crippen LogP contribution in [0.15, 0.2) is 86.5 Å². The lowest BCUT2D eigenvalue weighted by Gasteiger charge is -2.12. The summed E-state index contributed by atoms with van der Waals surface area (Å²) in [6, 6.07) is 17.8. The molecular formula is C23H19N3O4S. The summed E-state index contributed by atoms with van der Waals surface area (Å²) in [6.45, 7) is 0.230.